The van der Waals surface area contributed by atoms with Crippen LogP contribution in [-0.4, -0.2) is 45.5 Å². The summed E-state index contributed by atoms with van der Waals surface area (Å²) in [7, 11) is 0. The van der Waals surface area contributed by atoms with Crippen molar-refractivity contribution in [2.24, 2.45) is 5.73 Å². The zero-order valence-corrected chi connectivity index (χ0v) is 14.0. The minimum absolute atomic E-state index is 0.116. The summed E-state index contributed by atoms with van der Waals surface area (Å²) in [5.74, 6) is -0.800. The number of nitro groups is 1. The number of esters is 1. The second-order valence-corrected chi connectivity index (χ2v) is 5.40. The SMILES string of the molecule is CCOCn1c(SC[C@@H](N)C(=O)OCC)c([N+](=O)[O-])c(=O)[nH]c1=O. The molecule has 0 unspecified atom stereocenters. The number of H-pyrrole nitrogens is 1. The van der Waals surface area contributed by atoms with Crippen molar-refractivity contribution in [1.82, 2.24) is 9.55 Å². The van der Waals surface area contributed by atoms with Gasteiger partial charge in [0.15, 0.2) is 5.03 Å². The van der Waals surface area contributed by atoms with E-state index in [0.717, 1.165) is 16.3 Å². The number of ether oxygens (including phenoxy) is 2. The number of nitrogens with one attached hydrogen (secondary N) is 1. The van der Waals surface area contributed by atoms with Gasteiger partial charge >= 0.3 is 22.9 Å². The van der Waals surface area contributed by atoms with Crippen molar-refractivity contribution in [2.75, 3.05) is 19.0 Å². The predicted octanol–water partition coefficient (Wildman–Crippen LogP) is -0.579. The van der Waals surface area contributed by atoms with Crippen molar-refractivity contribution in [3.05, 3.63) is 31.0 Å². The zero-order chi connectivity index (χ0) is 18.3. The van der Waals surface area contributed by atoms with Gasteiger partial charge in [-0.3, -0.25) is 29.3 Å². The maximum Gasteiger partial charge on any atom is 0.364 e. The van der Waals surface area contributed by atoms with Crippen molar-refractivity contribution in [1.29, 1.82) is 0 Å². The van der Waals surface area contributed by atoms with Crippen LogP contribution in [0.2, 0.25) is 0 Å². The third kappa shape index (κ3) is 4.91. The summed E-state index contributed by atoms with van der Waals surface area (Å²) in [4.78, 5) is 47.2. The van der Waals surface area contributed by atoms with Crippen LogP contribution >= 0.6 is 11.8 Å². The number of thioether (sulfide) groups is 1. The molecular formula is C12H18N4O7S. The molecule has 1 aromatic rings. The maximum atomic E-state index is 11.9. The van der Waals surface area contributed by atoms with Crippen molar-refractivity contribution in [2.45, 2.75) is 31.6 Å². The lowest BCUT2D eigenvalue weighted by molar-refractivity contribution is -0.390. The highest BCUT2D eigenvalue weighted by Crippen LogP contribution is 2.25. The molecule has 0 fully saturated rings. The molecule has 0 aromatic carbocycles. The number of nitrogens with zero attached hydrogens (tertiary/aromatic N) is 2. The van der Waals surface area contributed by atoms with E-state index in [9.17, 15) is 24.5 Å². The van der Waals surface area contributed by atoms with Gasteiger partial charge in [0, 0.05) is 12.4 Å². The van der Waals surface area contributed by atoms with Crippen molar-refractivity contribution < 1.29 is 19.2 Å². The summed E-state index contributed by atoms with van der Waals surface area (Å²) in [6.07, 6.45) is 0. The third-order valence-electron chi connectivity index (χ3n) is 2.72. The Morgan fingerprint density at radius 3 is 2.62 bits per heavy atom. The van der Waals surface area contributed by atoms with Gasteiger partial charge in [0.1, 0.15) is 12.8 Å². The number of hydrogen-bond donors (Lipinski definition) is 2. The van der Waals surface area contributed by atoms with Gasteiger partial charge < -0.3 is 15.2 Å². The first-order valence-corrected chi connectivity index (χ1v) is 7.96. The molecule has 1 aromatic heterocycles. The van der Waals surface area contributed by atoms with E-state index in [1.165, 1.54) is 0 Å². The average molecular weight is 362 g/mol. The lowest BCUT2D eigenvalue weighted by Crippen LogP contribution is -2.36. The van der Waals surface area contributed by atoms with E-state index in [1.54, 1.807) is 13.8 Å². The van der Waals surface area contributed by atoms with Crippen LogP contribution in [0.25, 0.3) is 0 Å². The Morgan fingerprint density at radius 2 is 2.08 bits per heavy atom. The zero-order valence-electron chi connectivity index (χ0n) is 13.1. The molecule has 0 saturated heterocycles. The van der Waals surface area contributed by atoms with E-state index in [4.69, 9.17) is 15.2 Å². The molecule has 0 bridgehead atoms. The summed E-state index contributed by atoms with van der Waals surface area (Å²) in [6, 6.07) is -1.07. The van der Waals surface area contributed by atoms with Crippen LogP contribution in [0.15, 0.2) is 14.6 Å². The second kappa shape index (κ2) is 9.20. The Labute approximate surface area is 140 Å². The number of nitrogens with two attached hydrogens (primary N) is 1. The molecule has 0 radical (unpaired) electrons. The number of hydrogen-bond acceptors (Lipinski definition) is 9. The normalized spacial score (nSPS) is 12.0. The first-order valence-electron chi connectivity index (χ1n) is 6.97. The summed E-state index contributed by atoms with van der Waals surface area (Å²) < 4.78 is 10.7. The fraction of sp³-hybridized carbons (Fsp3) is 0.583. The molecule has 1 atom stereocenters. The largest absolute Gasteiger partial charge is 0.465 e. The molecule has 0 aliphatic rings. The summed E-state index contributed by atoms with van der Waals surface area (Å²) in [6.45, 7) is 3.39. The molecule has 0 saturated carbocycles. The number of rotatable bonds is 9. The van der Waals surface area contributed by atoms with Crippen LogP contribution in [0.5, 0.6) is 0 Å². The smallest absolute Gasteiger partial charge is 0.364 e. The highest BCUT2D eigenvalue weighted by atomic mass is 32.2. The minimum atomic E-state index is -1.13. The highest BCUT2D eigenvalue weighted by molar-refractivity contribution is 7.99. The van der Waals surface area contributed by atoms with Gasteiger partial charge in [-0.15, -0.1) is 0 Å². The first-order chi connectivity index (χ1) is 11.3. The number of carbonyl (C=O) groups is 1. The van der Waals surface area contributed by atoms with E-state index < -0.39 is 33.9 Å². The minimum Gasteiger partial charge on any atom is -0.465 e. The van der Waals surface area contributed by atoms with E-state index >= 15 is 0 Å². The predicted molar refractivity (Wildman–Crippen MR) is 84.9 cm³/mol. The fourth-order valence-electron chi connectivity index (χ4n) is 1.63. The Hall–Kier alpha value is -2.18. The second-order valence-electron chi connectivity index (χ2n) is 4.39. The van der Waals surface area contributed by atoms with Crippen LogP contribution in [0.3, 0.4) is 0 Å². The molecule has 134 valence electrons. The fourth-order valence-corrected chi connectivity index (χ4v) is 2.70. The number of carbonyl (C=O) groups excluding carboxylic acids is 1. The summed E-state index contributed by atoms with van der Waals surface area (Å²) >= 11 is 0.739. The van der Waals surface area contributed by atoms with Crippen molar-refractivity contribution in [3.63, 3.8) is 0 Å². The van der Waals surface area contributed by atoms with Crippen molar-refractivity contribution >= 4 is 23.4 Å². The topological polar surface area (TPSA) is 160 Å². The van der Waals surface area contributed by atoms with Gasteiger partial charge in [-0.25, -0.2) is 4.79 Å². The van der Waals surface area contributed by atoms with Gasteiger partial charge in [-0.2, -0.15) is 0 Å². The molecule has 11 nitrogen and oxygen atoms in total. The van der Waals surface area contributed by atoms with Gasteiger partial charge in [-0.1, -0.05) is 11.8 Å². The summed E-state index contributed by atoms with van der Waals surface area (Å²) in [5, 5.41) is 10.9. The monoisotopic (exact) mass is 362 g/mol. The van der Waals surface area contributed by atoms with E-state index in [0.29, 0.717) is 0 Å². The Morgan fingerprint density at radius 1 is 1.42 bits per heavy atom. The Bertz CT molecular complexity index is 714. The Balaban J connectivity index is 3.21. The van der Waals surface area contributed by atoms with Gasteiger partial charge in [0.05, 0.1) is 11.5 Å². The van der Waals surface area contributed by atoms with E-state index in [-0.39, 0.29) is 30.7 Å². The molecule has 3 N–H and O–H groups in total. The molecule has 0 spiro atoms. The molecule has 1 rings (SSSR count). The summed E-state index contributed by atoms with van der Waals surface area (Å²) in [5.41, 5.74) is 2.83. The maximum absolute atomic E-state index is 11.9. The van der Waals surface area contributed by atoms with E-state index in [1.807, 2.05) is 4.98 Å². The first kappa shape index (κ1) is 19.9. The molecule has 12 heteroatoms. The molecule has 24 heavy (non-hydrogen) atoms. The van der Waals surface area contributed by atoms with Crippen LogP contribution in [-0.2, 0) is 21.0 Å². The van der Waals surface area contributed by atoms with Crippen LogP contribution < -0.4 is 17.0 Å². The molecule has 0 aliphatic heterocycles. The Kier molecular flexibility index (Phi) is 7.61. The van der Waals surface area contributed by atoms with Crippen LogP contribution in [0, 0.1) is 10.1 Å². The standard InChI is InChI=1S/C12H18N4O7S/c1-3-22-6-15-10(24-5-7(13)11(18)23-4-2)8(16(20)21)9(17)14-12(15)19/h7H,3-6,13H2,1-2H3,(H,14,17,19)/t7-/m1/s1. The third-order valence-corrected chi connectivity index (χ3v) is 3.94. The molecular weight excluding hydrogens is 344 g/mol. The quantitative estimate of drug-likeness (QED) is 0.192. The van der Waals surface area contributed by atoms with Gasteiger partial charge in [-0.05, 0) is 13.8 Å². The van der Waals surface area contributed by atoms with Gasteiger partial charge in [0.25, 0.3) is 0 Å². The van der Waals surface area contributed by atoms with Crippen LogP contribution in [0.4, 0.5) is 5.69 Å². The average Bonchev–Trinajstić information content (AvgIpc) is 2.51. The lowest BCUT2D eigenvalue weighted by atomic mass is 10.4. The van der Waals surface area contributed by atoms with E-state index in [2.05, 4.69) is 0 Å². The van der Waals surface area contributed by atoms with Crippen molar-refractivity contribution in [3.8, 4) is 0 Å². The van der Waals surface area contributed by atoms with Gasteiger partial charge in [0.2, 0.25) is 0 Å². The lowest BCUT2D eigenvalue weighted by Gasteiger charge is -2.13. The number of aromatic nitrogens is 2. The number of aromatic amines is 1. The molecule has 1 heterocycles. The molecule has 0 aliphatic carbocycles. The highest BCUT2D eigenvalue weighted by Gasteiger charge is 2.27. The van der Waals surface area contributed by atoms with Crippen LogP contribution in [0.1, 0.15) is 13.8 Å². The molecule has 0 amide bonds.